The first-order chi connectivity index (χ1) is 9.15. The molecule has 1 aromatic rings. The number of Topliss-reactive ketones (excluding diaryl/α,β-unsaturated/α-hetero) is 1. The number of hydrogen-bond acceptors (Lipinski definition) is 3. The Bertz CT molecular complexity index is 550. The summed E-state index contributed by atoms with van der Waals surface area (Å²) in [6.45, 7) is 0.624. The maximum atomic E-state index is 12.4. The summed E-state index contributed by atoms with van der Waals surface area (Å²) in [5.41, 5.74) is 1.99. The molecule has 0 aromatic heterocycles. The highest BCUT2D eigenvalue weighted by molar-refractivity contribution is 6.34. The van der Waals surface area contributed by atoms with Gasteiger partial charge in [0.2, 0.25) is 5.91 Å². The fourth-order valence-electron chi connectivity index (χ4n) is 2.56. The third-order valence-electron chi connectivity index (χ3n) is 3.56. The second-order valence-corrected chi connectivity index (χ2v) is 5.34. The van der Waals surface area contributed by atoms with Crippen LogP contribution in [0.3, 0.4) is 0 Å². The molecule has 0 aliphatic carbocycles. The number of ether oxygens (including phenoxy) is 1. The maximum absolute atomic E-state index is 12.4. The van der Waals surface area contributed by atoms with Gasteiger partial charge in [0.1, 0.15) is 6.10 Å². The molecule has 1 saturated heterocycles. The molecule has 5 heteroatoms. The monoisotopic (exact) mass is 279 g/mol. The lowest BCUT2D eigenvalue weighted by molar-refractivity contribution is -0.115. The van der Waals surface area contributed by atoms with Crippen molar-refractivity contribution in [3.8, 4) is 0 Å². The molecular weight excluding hydrogens is 266 g/mol. The number of rotatable bonds is 2. The van der Waals surface area contributed by atoms with E-state index in [4.69, 9.17) is 16.3 Å². The minimum Gasteiger partial charge on any atom is -0.370 e. The van der Waals surface area contributed by atoms with E-state index in [0.717, 1.165) is 24.8 Å². The standard InChI is InChI=1S/C14H14ClNO3/c15-10-7-11-8(6-13(17)16-11)5-9(10)14(18)12-3-1-2-4-19-12/h5,7,12H,1-4,6H2,(H,16,17). The van der Waals surface area contributed by atoms with Crippen LogP contribution in [0.5, 0.6) is 0 Å². The summed E-state index contributed by atoms with van der Waals surface area (Å²) in [6, 6.07) is 3.37. The highest BCUT2D eigenvalue weighted by Crippen LogP contribution is 2.31. The van der Waals surface area contributed by atoms with Crippen molar-refractivity contribution in [1.29, 1.82) is 0 Å². The molecule has 0 saturated carbocycles. The number of anilines is 1. The van der Waals surface area contributed by atoms with Crippen molar-refractivity contribution in [2.75, 3.05) is 11.9 Å². The van der Waals surface area contributed by atoms with Crippen LogP contribution in [0, 0.1) is 0 Å². The van der Waals surface area contributed by atoms with E-state index in [2.05, 4.69) is 5.32 Å². The molecule has 1 N–H and O–H groups in total. The zero-order valence-electron chi connectivity index (χ0n) is 10.4. The van der Waals surface area contributed by atoms with Crippen molar-refractivity contribution in [2.45, 2.75) is 31.8 Å². The van der Waals surface area contributed by atoms with Crippen molar-refractivity contribution in [3.05, 3.63) is 28.3 Å². The lowest BCUT2D eigenvalue weighted by Crippen LogP contribution is -2.28. The predicted molar refractivity (Wildman–Crippen MR) is 71.7 cm³/mol. The van der Waals surface area contributed by atoms with Gasteiger partial charge in [0.05, 0.1) is 11.4 Å². The summed E-state index contributed by atoms with van der Waals surface area (Å²) < 4.78 is 5.50. The van der Waals surface area contributed by atoms with Crippen molar-refractivity contribution in [2.24, 2.45) is 0 Å². The average Bonchev–Trinajstić information content (AvgIpc) is 2.77. The molecule has 100 valence electrons. The number of hydrogen-bond donors (Lipinski definition) is 1. The smallest absolute Gasteiger partial charge is 0.228 e. The van der Waals surface area contributed by atoms with E-state index in [1.807, 2.05) is 0 Å². The quantitative estimate of drug-likeness (QED) is 0.847. The lowest BCUT2D eigenvalue weighted by atomic mass is 9.97. The summed E-state index contributed by atoms with van der Waals surface area (Å²) >= 11 is 6.14. The SMILES string of the molecule is O=C1Cc2cc(C(=O)C3CCCCO3)c(Cl)cc2N1. The topological polar surface area (TPSA) is 55.4 Å². The van der Waals surface area contributed by atoms with Crippen molar-refractivity contribution in [1.82, 2.24) is 0 Å². The van der Waals surface area contributed by atoms with Crippen LogP contribution in [-0.2, 0) is 16.0 Å². The van der Waals surface area contributed by atoms with Crippen LogP contribution in [-0.4, -0.2) is 24.4 Å². The summed E-state index contributed by atoms with van der Waals surface area (Å²) in [5, 5.41) is 3.09. The van der Waals surface area contributed by atoms with Gasteiger partial charge in [-0.15, -0.1) is 0 Å². The number of carbonyl (C=O) groups is 2. The summed E-state index contributed by atoms with van der Waals surface area (Å²) in [5.74, 6) is -0.142. The van der Waals surface area contributed by atoms with Gasteiger partial charge in [0.15, 0.2) is 5.78 Å². The highest BCUT2D eigenvalue weighted by atomic mass is 35.5. The molecule has 2 aliphatic rings. The molecule has 0 spiro atoms. The predicted octanol–water partition coefficient (Wildman–Crippen LogP) is 2.59. The maximum Gasteiger partial charge on any atom is 0.228 e. The number of benzene rings is 1. The minimum absolute atomic E-state index is 0.0652. The van der Waals surface area contributed by atoms with Crippen LogP contribution in [0.25, 0.3) is 0 Å². The van der Waals surface area contributed by atoms with Crippen LogP contribution in [0.15, 0.2) is 12.1 Å². The van der Waals surface area contributed by atoms with Crippen LogP contribution in [0.2, 0.25) is 5.02 Å². The largest absolute Gasteiger partial charge is 0.370 e. The first-order valence-corrected chi connectivity index (χ1v) is 6.81. The molecule has 1 unspecified atom stereocenters. The Kier molecular flexibility index (Phi) is 3.29. The zero-order valence-corrected chi connectivity index (χ0v) is 11.1. The Hall–Kier alpha value is -1.39. The Morgan fingerprint density at radius 3 is 2.95 bits per heavy atom. The van der Waals surface area contributed by atoms with E-state index < -0.39 is 6.10 Å². The van der Waals surface area contributed by atoms with Gasteiger partial charge in [0, 0.05) is 17.9 Å². The number of nitrogens with one attached hydrogen (secondary N) is 1. The fourth-order valence-corrected chi connectivity index (χ4v) is 2.81. The van der Waals surface area contributed by atoms with E-state index >= 15 is 0 Å². The number of amides is 1. The second-order valence-electron chi connectivity index (χ2n) is 4.93. The van der Waals surface area contributed by atoms with Crippen molar-refractivity contribution < 1.29 is 14.3 Å². The van der Waals surface area contributed by atoms with Gasteiger partial charge >= 0.3 is 0 Å². The molecule has 3 rings (SSSR count). The Morgan fingerprint density at radius 2 is 2.21 bits per heavy atom. The molecule has 1 aromatic carbocycles. The highest BCUT2D eigenvalue weighted by Gasteiger charge is 2.27. The van der Waals surface area contributed by atoms with Gasteiger partial charge in [-0.1, -0.05) is 11.6 Å². The Balaban J connectivity index is 1.90. The van der Waals surface area contributed by atoms with E-state index in [1.54, 1.807) is 12.1 Å². The molecule has 2 heterocycles. The lowest BCUT2D eigenvalue weighted by Gasteiger charge is -2.22. The van der Waals surface area contributed by atoms with Crippen LogP contribution in [0.1, 0.15) is 35.2 Å². The van der Waals surface area contributed by atoms with Crippen molar-refractivity contribution >= 4 is 29.0 Å². The molecule has 1 amide bonds. The van der Waals surface area contributed by atoms with Gasteiger partial charge < -0.3 is 10.1 Å². The Morgan fingerprint density at radius 1 is 1.37 bits per heavy atom. The molecule has 4 nitrogen and oxygen atoms in total. The normalized spacial score (nSPS) is 21.9. The summed E-state index contributed by atoms with van der Waals surface area (Å²) in [6.07, 6.45) is 2.65. The van der Waals surface area contributed by atoms with E-state index in [0.29, 0.717) is 29.3 Å². The number of ketones is 1. The summed E-state index contributed by atoms with van der Waals surface area (Å²) in [7, 11) is 0. The third kappa shape index (κ3) is 2.38. The second kappa shape index (κ2) is 4.94. The van der Waals surface area contributed by atoms with E-state index in [9.17, 15) is 9.59 Å². The van der Waals surface area contributed by atoms with Crippen LogP contribution in [0.4, 0.5) is 5.69 Å². The van der Waals surface area contributed by atoms with Gasteiger partial charge in [0.25, 0.3) is 0 Å². The molecular formula is C14H14ClNO3. The summed E-state index contributed by atoms with van der Waals surface area (Å²) in [4.78, 5) is 23.7. The molecule has 1 fully saturated rings. The van der Waals surface area contributed by atoms with Crippen LogP contribution < -0.4 is 5.32 Å². The first-order valence-electron chi connectivity index (χ1n) is 6.43. The third-order valence-corrected chi connectivity index (χ3v) is 3.87. The van der Waals surface area contributed by atoms with Gasteiger partial charge in [-0.3, -0.25) is 9.59 Å². The first kappa shape index (κ1) is 12.6. The Labute approximate surface area is 116 Å². The average molecular weight is 280 g/mol. The molecule has 1 atom stereocenters. The van der Waals surface area contributed by atoms with Gasteiger partial charge in [-0.05, 0) is 37.0 Å². The minimum atomic E-state index is -0.394. The van der Waals surface area contributed by atoms with Crippen LogP contribution >= 0.6 is 11.6 Å². The van der Waals surface area contributed by atoms with Gasteiger partial charge in [-0.25, -0.2) is 0 Å². The fraction of sp³-hybridized carbons (Fsp3) is 0.429. The van der Waals surface area contributed by atoms with Gasteiger partial charge in [-0.2, -0.15) is 0 Å². The number of halogens is 1. The number of carbonyl (C=O) groups excluding carboxylic acids is 2. The molecule has 2 aliphatic heterocycles. The van der Waals surface area contributed by atoms with Crippen molar-refractivity contribution in [3.63, 3.8) is 0 Å². The molecule has 19 heavy (non-hydrogen) atoms. The molecule has 0 radical (unpaired) electrons. The number of fused-ring (bicyclic) bond motifs is 1. The van der Waals surface area contributed by atoms with E-state index in [-0.39, 0.29) is 11.7 Å². The molecule has 0 bridgehead atoms. The van der Waals surface area contributed by atoms with E-state index in [1.165, 1.54) is 0 Å². The zero-order chi connectivity index (χ0) is 13.4.